The van der Waals surface area contributed by atoms with E-state index in [0.717, 1.165) is 12.1 Å². The van der Waals surface area contributed by atoms with Crippen LogP contribution < -0.4 is 5.76 Å². The Balaban J connectivity index is 2.01. The van der Waals surface area contributed by atoms with Gasteiger partial charge >= 0.3 is 11.9 Å². The predicted octanol–water partition coefficient (Wildman–Crippen LogP) is 3.26. The zero-order chi connectivity index (χ0) is 19.3. The largest absolute Gasteiger partial charge is 0.419 e. The molecule has 5 nitrogen and oxygen atoms in total. The Morgan fingerprint density at radius 1 is 1.12 bits per heavy atom. The van der Waals surface area contributed by atoms with Crippen LogP contribution in [-0.4, -0.2) is 13.0 Å². The zero-order valence-electron chi connectivity index (χ0n) is 13.2. The normalized spacial score (nSPS) is 12.7. The molecule has 3 rings (SSSR count). The highest BCUT2D eigenvalue weighted by Gasteiger charge is 2.34. The number of rotatable bonds is 3. The standard InChI is InChI=1S/C16H11F4NO4S/c1-21-13-5-3-10(7-14(13)25-15(21)22)26(23,24)8-9-2-4-12(17)11(6-9)16(18,19)20/h2-7H,8H2,1H3. The number of oxazole rings is 1. The predicted molar refractivity (Wildman–Crippen MR) is 83.7 cm³/mol. The van der Waals surface area contributed by atoms with Crippen molar-refractivity contribution in [2.75, 3.05) is 0 Å². The summed E-state index contributed by atoms with van der Waals surface area (Å²) in [5.41, 5.74) is -1.34. The molecule has 2 aromatic carbocycles. The lowest BCUT2D eigenvalue weighted by atomic mass is 10.1. The number of aryl methyl sites for hydroxylation is 1. The molecule has 1 heterocycles. The maximum absolute atomic E-state index is 13.3. The second-order valence-corrected chi connectivity index (χ2v) is 7.62. The second-order valence-electron chi connectivity index (χ2n) is 5.63. The fourth-order valence-electron chi connectivity index (χ4n) is 2.49. The van der Waals surface area contributed by atoms with Crippen molar-refractivity contribution in [3.8, 4) is 0 Å². The van der Waals surface area contributed by atoms with Gasteiger partial charge in [0.2, 0.25) is 0 Å². The van der Waals surface area contributed by atoms with Gasteiger partial charge in [0, 0.05) is 13.1 Å². The van der Waals surface area contributed by atoms with Gasteiger partial charge in [-0.1, -0.05) is 6.07 Å². The highest BCUT2D eigenvalue weighted by atomic mass is 32.2. The van der Waals surface area contributed by atoms with Crippen LogP contribution in [-0.2, 0) is 28.8 Å². The third-order valence-corrected chi connectivity index (χ3v) is 5.50. The molecule has 0 bridgehead atoms. The van der Waals surface area contributed by atoms with Crippen molar-refractivity contribution in [2.45, 2.75) is 16.8 Å². The van der Waals surface area contributed by atoms with Gasteiger partial charge in [-0.15, -0.1) is 0 Å². The fraction of sp³-hybridized carbons (Fsp3) is 0.188. The van der Waals surface area contributed by atoms with Gasteiger partial charge in [-0.2, -0.15) is 13.2 Å². The number of fused-ring (bicyclic) bond motifs is 1. The molecule has 1 aromatic heterocycles. The minimum atomic E-state index is -4.93. The Labute approximate surface area is 144 Å². The summed E-state index contributed by atoms with van der Waals surface area (Å²) in [4.78, 5) is 11.2. The molecule has 10 heteroatoms. The second kappa shape index (κ2) is 5.97. The molecule has 0 aliphatic rings. The molecule has 0 saturated carbocycles. The van der Waals surface area contributed by atoms with Crippen molar-refractivity contribution in [3.63, 3.8) is 0 Å². The summed E-state index contributed by atoms with van der Waals surface area (Å²) in [5, 5.41) is 0. The topological polar surface area (TPSA) is 69.3 Å². The molecule has 0 atom stereocenters. The van der Waals surface area contributed by atoms with Gasteiger partial charge in [0.1, 0.15) is 5.82 Å². The maximum Gasteiger partial charge on any atom is 0.419 e. The van der Waals surface area contributed by atoms with Crippen LogP contribution >= 0.6 is 0 Å². The van der Waals surface area contributed by atoms with E-state index < -0.39 is 38.9 Å². The van der Waals surface area contributed by atoms with E-state index >= 15 is 0 Å². The van der Waals surface area contributed by atoms with Gasteiger partial charge < -0.3 is 4.42 Å². The number of alkyl halides is 3. The monoisotopic (exact) mass is 389 g/mol. The number of benzene rings is 2. The lowest BCUT2D eigenvalue weighted by Crippen LogP contribution is -2.11. The Hall–Kier alpha value is -2.62. The molecule has 0 aliphatic heterocycles. The van der Waals surface area contributed by atoms with Crippen molar-refractivity contribution < 1.29 is 30.4 Å². The number of aromatic nitrogens is 1. The molecule has 0 amide bonds. The first kappa shape index (κ1) is 18.2. The summed E-state index contributed by atoms with van der Waals surface area (Å²) in [6.07, 6.45) is -4.93. The summed E-state index contributed by atoms with van der Waals surface area (Å²) in [6, 6.07) is 5.73. The lowest BCUT2D eigenvalue weighted by Gasteiger charge is -2.10. The minimum Gasteiger partial charge on any atom is -0.408 e. The van der Waals surface area contributed by atoms with E-state index in [0.29, 0.717) is 17.6 Å². The first-order valence-corrected chi connectivity index (χ1v) is 8.82. The van der Waals surface area contributed by atoms with Crippen molar-refractivity contribution in [2.24, 2.45) is 7.05 Å². The molecule has 0 N–H and O–H groups in total. The number of hydrogen-bond donors (Lipinski definition) is 0. The molecule has 138 valence electrons. The number of halogens is 4. The molecule has 0 radical (unpaired) electrons. The first-order valence-electron chi connectivity index (χ1n) is 7.17. The van der Waals surface area contributed by atoms with Gasteiger partial charge in [0.15, 0.2) is 15.4 Å². The highest BCUT2D eigenvalue weighted by molar-refractivity contribution is 7.90. The van der Waals surface area contributed by atoms with Gasteiger partial charge in [-0.05, 0) is 29.8 Å². The van der Waals surface area contributed by atoms with Crippen LogP contribution in [0.5, 0.6) is 0 Å². The molecule has 0 aliphatic carbocycles. The average Bonchev–Trinajstić information content (AvgIpc) is 2.82. The van der Waals surface area contributed by atoms with E-state index in [-0.39, 0.29) is 16.0 Å². The van der Waals surface area contributed by atoms with E-state index in [1.807, 2.05) is 0 Å². The van der Waals surface area contributed by atoms with Crippen molar-refractivity contribution in [3.05, 3.63) is 63.9 Å². The van der Waals surface area contributed by atoms with E-state index in [2.05, 4.69) is 0 Å². The SMILES string of the molecule is Cn1c(=O)oc2cc(S(=O)(=O)Cc3ccc(F)c(C(F)(F)F)c3)ccc21. The van der Waals surface area contributed by atoms with Gasteiger partial charge in [0.05, 0.1) is 21.7 Å². The van der Waals surface area contributed by atoms with Crippen LogP contribution in [0, 0.1) is 5.82 Å². The molecule has 0 unspecified atom stereocenters. The Morgan fingerprint density at radius 3 is 2.46 bits per heavy atom. The van der Waals surface area contributed by atoms with E-state index in [4.69, 9.17) is 4.42 Å². The first-order chi connectivity index (χ1) is 12.0. The van der Waals surface area contributed by atoms with E-state index in [1.54, 1.807) is 0 Å². The molecule has 3 aromatic rings. The fourth-order valence-corrected chi connectivity index (χ4v) is 3.84. The third kappa shape index (κ3) is 3.24. The molecule has 0 saturated heterocycles. The molecule has 0 fully saturated rings. The summed E-state index contributed by atoms with van der Waals surface area (Å²) in [5.74, 6) is -2.92. The van der Waals surface area contributed by atoms with Crippen LogP contribution in [0.25, 0.3) is 11.1 Å². The Bertz CT molecular complexity index is 1160. The summed E-state index contributed by atoms with van der Waals surface area (Å²) < 4.78 is 82.7. The van der Waals surface area contributed by atoms with Crippen molar-refractivity contribution >= 4 is 20.9 Å². The number of sulfone groups is 1. The van der Waals surface area contributed by atoms with Gasteiger partial charge in [0.25, 0.3) is 0 Å². The maximum atomic E-state index is 13.3. The minimum absolute atomic E-state index is 0.0358. The van der Waals surface area contributed by atoms with E-state index in [1.165, 1.54) is 23.7 Å². The summed E-state index contributed by atoms with van der Waals surface area (Å²) >= 11 is 0. The smallest absolute Gasteiger partial charge is 0.408 e. The quantitative estimate of drug-likeness (QED) is 0.645. The molecule has 0 spiro atoms. The molecular formula is C16H11F4NO4S. The lowest BCUT2D eigenvalue weighted by molar-refractivity contribution is -0.140. The molecule has 26 heavy (non-hydrogen) atoms. The Kier molecular flexibility index (Phi) is 4.18. The average molecular weight is 389 g/mol. The molecular weight excluding hydrogens is 378 g/mol. The van der Waals surface area contributed by atoms with Crippen LogP contribution in [0.15, 0.2) is 50.5 Å². The van der Waals surface area contributed by atoms with E-state index in [9.17, 15) is 30.8 Å². The zero-order valence-corrected chi connectivity index (χ0v) is 14.0. The van der Waals surface area contributed by atoms with Gasteiger partial charge in [-0.3, -0.25) is 4.57 Å². The Morgan fingerprint density at radius 2 is 1.81 bits per heavy atom. The van der Waals surface area contributed by atoms with Crippen LogP contribution in [0.2, 0.25) is 0 Å². The van der Waals surface area contributed by atoms with Crippen LogP contribution in [0.1, 0.15) is 11.1 Å². The van der Waals surface area contributed by atoms with Crippen LogP contribution in [0.3, 0.4) is 0 Å². The van der Waals surface area contributed by atoms with Crippen molar-refractivity contribution in [1.82, 2.24) is 4.57 Å². The van der Waals surface area contributed by atoms with Gasteiger partial charge in [-0.25, -0.2) is 17.6 Å². The third-order valence-electron chi connectivity index (χ3n) is 3.82. The van der Waals surface area contributed by atoms with Crippen molar-refractivity contribution in [1.29, 1.82) is 0 Å². The number of nitrogens with zero attached hydrogens (tertiary/aromatic N) is 1. The van der Waals surface area contributed by atoms with Crippen LogP contribution in [0.4, 0.5) is 17.6 Å². The summed E-state index contributed by atoms with van der Waals surface area (Å²) in [6.45, 7) is 0. The number of hydrogen-bond acceptors (Lipinski definition) is 4. The summed E-state index contributed by atoms with van der Waals surface area (Å²) in [7, 11) is -2.60. The highest BCUT2D eigenvalue weighted by Crippen LogP contribution is 2.32.